The van der Waals surface area contributed by atoms with Crippen LogP contribution in [0.5, 0.6) is 0 Å². The Hall–Kier alpha value is -1.79. The van der Waals surface area contributed by atoms with Crippen molar-refractivity contribution in [3.05, 3.63) is 0 Å². The van der Waals surface area contributed by atoms with Gasteiger partial charge in [0, 0.05) is 42.1 Å². The average molecular weight is 374 g/mol. The number of ether oxygens (including phenoxy) is 5. The summed E-state index contributed by atoms with van der Waals surface area (Å²) in [7, 11) is 8.00. The Bertz CT molecular complexity index is 463. The van der Waals surface area contributed by atoms with E-state index in [0.29, 0.717) is 31.1 Å². The highest BCUT2D eigenvalue weighted by Crippen LogP contribution is 2.19. The number of aromatic nitrogens is 3. The molecule has 11 heteroatoms. The molecule has 11 nitrogen and oxygen atoms in total. The summed E-state index contributed by atoms with van der Waals surface area (Å²) < 4.78 is 26.1. The zero-order chi connectivity index (χ0) is 19.4. The summed E-state index contributed by atoms with van der Waals surface area (Å²) in [6.07, 6.45) is 0. The van der Waals surface area contributed by atoms with Crippen molar-refractivity contribution in [2.45, 2.75) is 6.92 Å². The van der Waals surface area contributed by atoms with Crippen LogP contribution in [-0.4, -0.2) is 90.7 Å². The van der Waals surface area contributed by atoms with E-state index in [4.69, 9.17) is 23.7 Å². The van der Waals surface area contributed by atoms with Gasteiger partial charge < -0.3 is 28.6 Å². The van der Waals surface area contributed by atoms with Gasteiger partial charge in [-0.05, 0) is 6.92 Å². The minimum atomic E-state index is 0.266. The van der Waals surface area contributed by atoms with Gasteiger partial charge in [0.2, 0.25) is 17.8 Å². The summed E-state index contributed by atoms with van der Waals surface area (Å²) in [4.78, 5) is 19.0. The molecule has 1 aromatic heterocycles. The van der Waals surface area contributed by atoms with Crippen molar-refractivity contribution in [2.75, 3.05) is 90.4 Å². The first-order valence-corrected chi connectivity index (χ1v) is 8.10. The molecule has 0 atom stereocenters. The van der Waals surface area contributed by atoms with Gasteiger partial charge >= 0.3 is 0 Å². The molecule has 0 N–H and O–H groups in total. The fourth-order valence-corrected chi connectivity index (χ4v) is 2.14. The third-order valence-electron chi connectivity index (χ3n) is 3.25. The Morgan fingerprint density at radius 1 is 0.538 bits per heavy atom. The molecule has 0 fully saturated rings. The van der Waals surface area contributed by atoms with E-state index in [1.165, 1.54) is 0 Å². The van der Waals surface area contributed by atoms with Crippen LogP contribution in [0.2, 0.25) is 0 Å². The van der Waals surface area contributed by atoms with E-state index < -0.39 is 0 Å². The molecule has 0 radical (unpaired) electrons. The summed E-state index contributed by atoms with van der Waals surface area (Å²) in [6, 6.07) is 0. The Kier molecular flexibility index (Phi) is 10.7. The Morgan fingerprint density at radius 3 is 1.08 bits per heavy atom. The number of anilines is 3. The maximum atomic E-state index is 5.24. The lowest BCUT2D eigenvalue weighted by atomic mass is 10.6. The zero-order valence-corrected chi connectivity index (χ0v) is 16.5. The van der Waals surface area contributed by atoms with Crippen molar-refractivity contribution in [1.29, 1.82) is 0 Å². The van der Waals surface area contributed by atoms with Crippen LogP contribution in [-0.2, 0) is 23.7 Å². The van der Waals surface area contributed by atoms with Crippen LogP contribution in [0, 0.1) is 0 Å². The third-order valence-corrected chi connectivity index (χ3v) is 3.25. The Morgan fingerprint density at radius 2 is 0.808 bits per heavy atom. The quantitative estimate of drug-likeness (QED) is 0.422. The molecule has 1 aromatic rings. The molecule has 1 heterocycles. The van der Waals surface area contributed by atoms with Crippen molar-refractivity contribution in [1.82, 2.24) is 15.0 Å². The van der Waals surface area contributed by atoms with Crippen molar-refractivity contribution in [3.8, 4) is 0 Å². The third kappa shape index (κ3) is 6.50. The fourth-order valence-electron chi connectivity index (χ4n) is 2.14. The highest BCUT2D eigenvalue weighted by molar-refractivity contribution is 5.45. The zero-order valence-electron chi connectivity index (χ0n) is 16.5. The molecule has 26 heavy (non-hydrogen) atoms. The molecule has 0 aliphatic rings. The van der Waals surface area contributed by atoms with Crippen LogP contribution in [0.3, 0.4) is 0 Å². The van der Waals surface area contributed by atoms with Crippen LogP contribution in [0.4, 0.5) is 17.8 Å². The topological polar surface area (TPSA) is 94.5 Å². The van der Waals surface area contributed by atoms with Gasteiger partial charge in [0.15, 0.2) is 0 Å². The molecular formula is C15H30N6O5. The molecule has 0 amide bonds. The second kappa shape index (κ2) is 12.5. The van der Waals surface area contributed by atoms with Crippen molar-refractivity contribution < 1.29 is 23.7 Å². The molecule has 0 saturated heterocycles. The van der Waals surface area contributed by atoms with E-state index in [1.807, 2.05) is 11.8 Å². The van der Waals surface area contributed by atoms with E-state index >= 15 is 0 Å². The van der Waals surface area contributed by atoms with E-state index in [0.717, 1.165) is 0 Å². The molecular weight excluding hydrogens is 344 g/mol. The predicted molar refractivity (Wildman–Crippen MR) is 97.2 cm³/mol. The van der Waals surface area contributed by atoms with Crippen LogP contribution in [0.1, 0.15) is 6.92 Å². The van der Waals surface area contributed by atoms with Gasteiger partial charge in [-0.3, -0.25) is 9.80 Å². The summed E-state index contributed by atoms with van der Waals surface area (Å²) in [5.41, 5.74) is 0. The first-order chi connectivity index (χ1) is 12.6. The smallest absolute Gasteiger partial charge is 0.235 e. The summed E-state index contributed by atoms with van der Waals surface area (Å²) in [5, 5.41) is 0. The lowest BCUT2D eigenvalue weighted by molar-refractivity contribution is 0.136. The van der Waals surface area contributed by atoms with Gasteiger partial charge in [0.1, 0.15) is 33.7 Å². The first-order valence-electron chi connectivity index (χ1n) is 8.10. The molecule has 0 spiro atoms. The number of nitrogens with zero attached hydrogens (tertiary/aromatic N) is 6. The molecule has 0 saturated carbocycles. The number of hydrogen-bond acceptors (Lipinski definition) is 11. The summed E-state index contributed by atoms with van der Waals surface area (Å²) in [5.74, 6) is 1.31. The first kappa shape index (κ1) is 22.3. The maximum absolute atomic E-state index is 5.24. The number of rotatable bonds is 14. The van der Waals surface area contributed by atoms with Crippen LogP contribution >= 0.6 is 0 Å². The van der Waals surface area contributed by atoms with Crippen molar-refractivity contribution in [2.24, 2.45) is 0 Å². The van der Waals surface area contributed by atoms with Crippen molar-refractivity contribution >= 4 is 17.8 Å². The van der Waals surface area contributed by atoms with Gasteiger partial charge in [-0.25, -0.2) is 0 Å². The van der Waals surface area contributed by atoms with Gasteiger partial charge in [-0.1, -0.05) is 0 Å². The number of methoxy groups -OCH3 is 5. The van der Waals surface area contributed by atoms with Gasteiger partial charge in [0.25, 0.3) is 0 Å². The average Bonchev–Trinajstić information content (AvgIpc) is 2.65. The monoisotopic (exact) mass is 374 g/mol. The van der Waals surface area contributed by atoms with Crippen molar-refractivity contribution in [3.63, 3.8) is 0 Å². The predicted octanol–water partition coefficient (Wildman–Crippen LogP) is 0.330. The molecule has 0 aliphatic carbocycles. The van der Waals surface area contributed by atoms with E-state index in [9.17, 15) is 0 Å². The molecule has 0 unspecified atom stereocenters. The Balaban J connectivity index is 3.35. The summed E-state index contributed by atoms with van der Waals surface area (Å²) >= 11 is 0. The lowest BCUT2D eigenvalue weighted by Crippen LogP contribution is -2.35. The minimum absolute atomic E-state index is 0.266. The van der Waals surface area contributed by atoms with Crippen LogP contribution in [0.25, 0.3) is 0 Å². The van der Waals surface area contributed by atoms with E-state index in [2.05, 4.69) is 15.0 Å². The summed E-state index contributed by atoms with van der Waals surface area (Å²) in [6.45, 7) is 4.07. The highest BCUT2D eigenvalue weighted by atomic mass is 16.5. The van der Waals surface area contributed by atoms with E-state index in [-0.39, 0.29) is 26.9 Å². The lowest BCUT2D eigenvalue weighted by Gasteiger charge is -2.27. The van der Waals surface area contributed by atoms with Crippen LogP contribution in [0.15, 0.2) is 0 Å². The fraction of sp³-hybridized carbons (Fsp3) is 0.800. The second-order valence-corrected chi connectivity index (χ2v) is 5.26. The highest BCUT2D eigenvalue weighted by Gasteiger charge is 2.20. The Labute approximate surface area is 154 Å². The maximum Gasteiger partial charge on any atom is 0.235 e. The van der Waals surface area contributed by atoms with Gasteiger partial charge in [0.05, 0.1) is 0 Å². The van der Waals surface area contributed by atoms with E-state index in [1.54, 1.807) is 45.3 Å². The molecule has 0 aliphatic heterocycles. The van der Waals surface area contributed by atoms with Gasteiger partial charge in [-0.15, -0.1) is 0 Å². The molecule has 1 rings (SSSR count). The standard InChI is InChI=1S/C15H30N6O5/c1-7-19(8-22-2)13-16-14(20(9-23-3)10-24-4)18-15(17-13)21(11-25-5)12-26-6/h7-12H2,1-6H3. The van der Waals surface area contributed by atoms with Crippen LogP contribution < -0.4 is 14.7 Å². The second-order valence-electron chi connectivity index (χ2n) is 5.26. The minimum Gasteiger partial charge on any atom is -0.364 e. The molecule has 0 aromatic carbocycles. The SMILES string of the molecule is CCN(COC)c1nc(N(COC)COC)nc(N(COC)COC)n1. The molecule has 0 bridgehead atoms. The number of hydrogen-bond donors (Lipinski definition) is 0. The largest absolute Gasteiger partial charge is 0.364 e. The normalized spacial score (nSPS) is 10.8. The van der Waals surface area contributed by atoms with Gasteiger partial charge in [-0.2, -0.15) is 15.0 Å². The molecule has 150 valence electrons.